The summed E-state index contributed by atoms with van der Waals surface area (Å²) in [6.07, 6.45) is 13.8. The maximum absolute atomic E-state index is 12.6. The second kappa shape index (κ2) is 8.60. The molecule has 0 atom stereocenters. The van der Waals surface area contributed by atoms with Crippen LogP contribution in [0.2, 0.25) is 0 Å². The number of carbonyl (C=O) groups is 1. The van der Waals surface area contributed by atoms with Gasteiger partial charge in [-0.15, -0.1) is 0 Å². The van der Waals surface area contributed by atoms with Gasteiger partial charge in [0.15, 0.2) is 0 Å². The molecule has 2 aromatic rings. The van der Waals surface area contributed by atoms with Crippen LogP contribution in [0.4, 0.5) is 5.95 Å². The summed E-state index contributed by atoms with van der Waals surface area (Å²) in [5.74, 6) is 1.10. The molecule has 0 radical (unpaired) electrons. The van der Waals surface area contributed by atoms with Gasteiger partial charge in [-0.05, 0) is 38.2 Å². The predicted octanol–water partition coefficient (Wildman–Crippen LogP) is 2.19. The van der Waals surface area contributed by atoms with E-state index in [-0.39, 0.29) is 11.8 Å². The number of hydrogen-bond donors (Lipinski definition) is 1. The average Bonchev–Trinajstić information content (AvgIpc) is 3.16. The van der Waals surface area contributed by atoms with Crippen LogP contribution in [0.25, 0.3) is 0 Å². The van der Waals surface area contributed by atoms with E-state index in [4.69, 9.17) is 0 Å². The Morgan fingerprint density at radius 1 is 1.24 bits per heavy atom. The van der Waals surface area contributed by atoms with E-state index < -0.39 is 0 Å². The molecule has 7 heteroatoms. The molecule has 0 spiro atoms. The second-order valence-electron chi connectivity index (χ2n) is 6.68. The van der Waals surface area contributed by atoms with E-state index in [1.807, 2.05) is 35.1 Å². The summed E-state index contributed by atoms with van der Waals surface area (Å²) in [5, 5.41) is 3.36. The molecular weight excluding hydrogens is 316 g/mol. The third-order valence-corrected chi connectivity index (χ3v) is 4.82. The van der Waals surface area contributed by atoms with Gasteiger partial charge in [0, 0.05) is 56.9 Å². The van der Waals surface area contributed by atoms with Crippen LogP contribution in [0.3, 0.4) is 0 Å². The minimum absolute atomic E-state index is 0.146. The van der Waals surface area contributed by atoms with Gasteiger partial charge in [0.1, 0.15) is 0 Å². The molecule has 1 N–H and O–H groups in total. The number of hydrogen-bond acceptors (Lipinski definition) is 5. The molecule has 2 aromatic heterocycles. The van der Waals surface area contributed by atoms with E-state index in [0.717, 1.165) is 45.2 Å². The molecule has 1 amide bonds. The van der Waals surface area contributed by atoms with Crippen molar-refractivity contribution in [3.05, 3.63) is 37.2 Å². The molecule has 1 fully saturated rings. The summed E-state index contributed by atoms with van der Waals surface area (Å²) < 4.78 is 2.04. The highest BCUT2D eigenvalue weighted by Crippen LogP contribution is 2.27. The van der Waals surface area contributed by atoms with Crippen LogP contribution >= 0.6 is 0 Å². The Bertz CT molecular complexity index is 637. The Balaban J connectivity index is 1.38. The maximum atomic E-state index is 12.6. The van der Waals surface area contributed by atoms with Crippen LogP contribution in [0, 0.1) is 5.92 Å². The first kappa shape index (κ1) is 17.4. The van der Waals surface area contributed by atoms with Crippen molar-refractivity contribution in [3.8, 4) is 0 Å². The Morgan fingerprint density at radius 3 is 2.68 bits per heavy atom. The van der Waals surface area contributed by atoms with E-state index in [1.165, 1.54) is 0 Å². The Labute approximate surface area is 148 Å². The van der Waals surface area contributed by atoms with Crippen LogP contribution in [0.15, 0.2) is 37.2 Å². The zero-order valence-electron chi connectivity index (χ0n) is 14.7. The zero-order valence-corrected chi connectivity index (χ0v) is 14.7. The monoisotopic (exact) mass is 342 g/mol. The van der Waals surface area contributed by atoms with Crippen molar-refractivity contribution in [1.82, 2.24) is 24.4 Å². The Kier molecular flexibility index (Phi) is 5.98. The fraction of sp³-hybridized carbons (Fsp3) is 0.556. The van der Waals surface area contributed by atoms with Crippen molar-refractivity contribution in [2.75, 3.05) is 18.9 Å². The number of carbonyl (C=O) groups excluding carboxylic acids is 1. The summed E-state index contributed by atoms with van der Waals surface area (Å²) in [6.45, 7) is 1.68. The van der Waals surface area contributed by atoms with Crippen LogP contribution in [0.1, 0.15) is 32.1 Å². The summed E-state index contributed by atoms with van der Waals surface area (Å²) >= 11 is 0. The van der Waals surface area contributed by atoms with E-state index in [0.29, 0.717) is 12.0 Å². The molecule has 2 heterocycles. The number of rotatable bonds is 7. The van der Waals surface area contributed by atoms with Crippen molar-refractivity contribution in [2.45, 2.75) is 44.7 Å². The van der Waals surface area contributed by atoms with Crippen molar-refractivity contribution in [1.29, 1.82) is 0 Å². The van der Waals surface area contributed by atoms with Crippen molar-refractivity contribution in [2.24, 2.45) is 5.92 Å². The third kappa shape index (κ3) is 5.01. The van der Waals surface area contributed by atoms with Gasteiger partial charge in [-0.25, -0.2) is 15.0 Å². The number of imidazole rings is 1. The predicted molar refractivity (Wildman–Crippen MR) is 95.9 cm³/mol. The lowest BCUT2D eigenvalue weighted by atomic mass is 9.85. The summed E-state index contributed by atoms with van der Waals surface area (Å²) in [4.78, 5) is 26.9. The van der Waals surface area contributed by atoms with Crippen molar-refractivity contribution in [3.63, 3.8) is 0 Å². The minimum atomic E-state index is 0.146. The van der Waals surface area contributed by atoms with E-state index >= 15 is 0 Å². The smallest absolute Gasteiger partial charge is 0.225 e. The summed E-state index contributed by atoms with van der Waals surface area (Å²) in [6, 6.07) is 2.17. The minimum Gasteiger partial charge on any atom is -0.351 e. The SMILES string of the molecule is CN(CCCn1ccnc1)C(=O)C1CCC(Nc2ncccn2)CC1. The fourth-order valence-corrected chi connectivity index (χ4v) is 3.37. The van der Waals surface area contributed by atoms with Crippen molar-refractivity contribution >= 4 is 11.9 Å². The fourth-order valence-electron chi connectivity index (χ4n) is 3.37. The molecule has 1 aliphatic rings. The lowest BCUT2D eigenvalue weighted by Crippen LogP contribution is -2.38. The molecule has 25 heavy (non-hydrogen) atoms. The maximum Gasteiger partial charge on any atom is 0.225 e. The second-order valence-corrected chi connectivity index (χ2v) is 6.68. The topological polar surface area (TPSA) is 75.9 Å². The number of aryl methyl sites for hydroxylation is 1. The largest absolute Gasteiger partial charge is 0.351 e. The van der Waals surface area contributed by atoms with Gasteiger partial charge >= 0.3 is 0 Å². The number of nitrogens with zero attached hydrogens (tertiary/aromatic N) is 5. The zero-order chi connectivity index (χ0) is 17.5. The van der Waals surface area contributed by atoms with Gasteiger partial charge in [0.2, 0.25) is 11.9 Å². The number of amides is 1. The molecule has 134 valence electrons. The van der Waals surface area contributed by atoms with Crippen LogP contribution in [-0.4, -0.2) is 50.0 Å². The first-order chi connectivity index (χ1) is 12.2. The number of anilines is 1. The normalized spacial score (nSPS) is 20.2. The highest BCUT2D eigenvalue weighted by molar-refractivity contribution is 5.78. The van der Waals surface area contributed by atoms with E-state index in [2.05, 4.69) is 20.3 Å². The van der Waals surface area contributed by atoms with E-state index in [9.17, 15) is 4.79 Å². The third-order valence-electron chi connectivity index (χ3n) is 4.82. The Hall–Kier alpha value is -2.44. The lowest BCUT2D eigenvalue weighted by Gasteiger charge is -2.31. The molecular formula is C18H26N6O. The van der Waals surface area contributed by atoms with Crippen LogP contribution in [-0.2, 0) is 11.3 Å². The summed E-state index contributed by atoms with van der Waals surface area (Å²) in [7, 11) is 1.92. The lowest BCUT2D eigenvalue weighted by molar-refractivity contribution is -0.135. The molecule has 0 bridgehead atoms. The van der Waals surface area contributed by atoms with Crippen LogP contribution in [0.5, 0.6) is 0 Å². The van der Waals surface area contributed by atoms with Crippen molar-refractivity contribution < 1.29 is 4.79 Å². The average molecular weight is 342 g/mol. The molecule has 1 saturated carbocycles. The summed E-state index contributed by atoms with van der Waals surface area (Å²) in [5.41, 5.74) is 0. The van der Waals surface area contributed by atoms with Gasteiger partial charge in [-0.1, -0.05) is 0 Å². The number of aromatic nitrogens is 4. The molecule has 7 nitrogen and oxygen atoms in total. The molecule has 0 aromatic carbocycles. The van der Waals surface area contributed by atoms with Gasteiger partial charge in [-0.2, -0.15) is 0 Å². The highest BCUT2D eigenvalue weighted by atomic mass is 16.2. The molecule has 3 rings (SSSR count). The van der Waals surface area contributed by atoms with Gasteiger partial charge < -0.3 is 14.8 Å². The van der Waals surface area contributed by atoms with Gasteiger partial charge in [0.05, 0.1) is 6.33 Å². The molecule has 0 saturated heterocycles. The van der Waals surface area contributed by atoms with Gasteiger partial charge in [-0.3, -0.25) is 4.79 Å². The number of nitrogens with one attached hydrogen (secondary N) is 1. The standard InChI is InChI=1S/C18H26N6O/c1-23(11-3-12-24-13-10-19-14-24)17(25)15-4-6-16(7-5-15)22-18-20-8-2-9-21-18/h2,8-10,13-16H,3-7,11-12H2,1H3,(H,20,21,22). The van der Waals surface area contributed by atoms with Gasteiger partial charge in [0.25, 0.3) is 0 Å². The Morgan fingerprint density at radius 2 is 2.00 bits per heavy atom. The quantitative estimate of drug-likeness (QED) is 0.835. The first-order valence-corrected chi connectivity index (χ1v) is 8.96. The highest BCUT2D eigenvalue weighted by Gasteiger charge is 2.28. The molecule has 1 aliphatic carbocycles. The first-order valence-electron chi connectivity index (χ1n) is 8.96. The molecule has 0 unspecified atom stereocenters. The van der Waals surface area contributed by atoms with Crippen LogP contribution < -0.4 is 5.32 Å². The molecule has 0 aliphatic heterocycles. The van der Waals surface area contributed by atoms with E-state index in [1.54, 1.807) is 18.6 Å².